The first kappa shape index (κ1) is 22.2. The number of anilines is 1. The van der Waals surface area contributed by atoms with Crippen molar-refractivity contribution in [3.63, 3.8) is 0 Å². The monoisotopic (exact) mass is 408 g/mol. The molecule has 1 N–H and O–H groups in total. The number of aryl methyl sites for hydroxylation is 1. The van der Waals surface area contributed by atoms with Crippen molar-refractivity contribution in [1.29, 1.82) is 0 Å². The number of carbonyl (C=O) groups is 1. The average molecular weight is 409 g/mol. The molecule has 0 aliphatic carbocycles. The maximum absolute atomic E-state index is 13.0. The number of carbonyl (C=O) groups excluding carboxylic acids is 1. The number of hydrogen-bond acceptors (Lipinski definition) is 3. The van der Waals surface area contributed by atoms with E-state index in [-0.39, 0.29) is 17.9 Å². The van der Waals surface area contributed by atoms with Crippen LogP contribution in [0.15, 0.2) is 36.4 Å². The number of nitrogens with zero attached hydrogens (tertiary/aromatic N) is 1. The molecule has 2 unspecified atom stereocenters. The molecule has 1 heterocycles. The van der Waals surface area contributed by atoms with E-state index >= 15 is 0 Å². The van der Waals surface area contributed by atoms with Crippen molar-refractivity contribution in [2.45, 2.75) is 59.4 Å². The van der Waals surface area contributed by atoms with Crippen LogP contribution in [0.2, 0.25) is 0 Å². The quantitative estimate of drug-likeness (QED) is 0.651. The molecular formula is C26H36N2O2. The number of benzene rings is 2. The Balaban J connectivity index is 1.72. The van der Waals surface area contributed by atoms with E-state index in [4.69, 9.17) is 4.74 Å². The van der Waals surface area contributed by atoms with Crippen molar-refractivity contribution >= 4 is 11.6 Å². The van der Waals surface area contributed by atoms with E-state index in [1.54, 1.807) is 7.11 Å². The molecule has 1 aliphatic heterocycles. The lowest BCUT2D eigenvalue weighted by Crippen LogP contribution is -2.34. The Hall–Kier alpha value is -2.49. The predicted octanol–water partition coefficient (Wildman–Crippen LogP) is 5.85. The molecule has 30 heavy (non-hydrogen) atoms. The van der Waals surface area contributed by atoms with Gasteiger partial charge in [-0.1, -0.05) is 32.9 Å². The van der Waals surface area contributed by atoms with Crippen LogP contribution in [0.5, 0.6) is 5.75 Å². The predicted molar refractivity (Wildman–Crippen MR) is 125 cm³/mol. The van der Waals surface area contributed by atoms with Crippen molar-refractivity contribution in [3.05, 3.63) is 58.7 Å². The largest absolute Gasteiger partial charge is 0.496 e. The number of methoxy groups -OCH3 is 1. The van der Waals surface area contributed by atoms with Gasteiger partial charge in [-0.25, -0.2) is 0 Å². The fourth-order valence-electron chi connectivity index (χ4n) is 4.33. The second-order valence-corrected chi connectivity index (χ2v) is 9.04. The number of ether oxygens (including phenoxy) is 1. The van der Waals surface area contributed by atoms with E-state index in [2.05, 4.69) is 55.3 Å². The summed E-state index contributed by atoms with van der Waals surface area (Å²) >= 11 is 0. The van der Waals surface area contributed by atoms with Crippen LogP contribution in [-0.2, 0) is 0 Å². The van der Waals surface area contributed by atoms with E-state index in [1.165, 1.54) is 18.5 Å². The normalized spacial score (nSPS) is 17.7. The lowest BCUT2D eigenvalue weighted by Gasteiger charge is -2.33. The molecule has 0 bridgehead atoms. The Bertz CT molecular complexity index is 873. The molecule has 1 aliphatic rings. The number of nitrogens with one attached hydrogen (secondary N) is 1. The third kappa shape index (κ3) is 4.97. The second-order valence-electron chi connectivity index (χ2n) is 9.04. The molecule has 0 radical (unpaired) electrons. The lowest BCUT2D eigenvalue weighted by atomic mass is 9.95. The van der Waals surface area contributed by atoms with Crippen LogP contribution in [0.4, 0.5) is 5.69 Å². The van der Waals surface area contributed by atoms with Crippen LogP contribution in [-0.4, -0.2) is 26.1 Å². The molecule has 3 rings (SSSR count). The summed E-state index contributed by atoms with van der Waals surface area (Å²) < 4.78 is 5.50. The molecule has 1 amide bonds. The first-order chi connectivity index (χ1) is 14.3. The Labute approximate surface area is 181 Å². The van der Waals surface area contributed by atoms with Crippen LogP contribution in [0.3, 0.4) is 0 Å². The van der Waals surface area contributed by atoms with Crippen LogP contribution in [0.1, 0.15) is 79.5 Å². The maximum Gasteiger partial charge on any atom is 0.252 e. The molecule has 4 nitrogen and oxygen atoms in total. The summed E-state index contributed by atoms with van der Waals surface area (Å²) in [5.41, 5.74) is 5.09. The highest BCUT2D eigenvalue weighted by molar-refractivity contribution is 5.96. The molecule has 0 aromatic heterocycles. The third-order valence-electron chi connectivity index (χ3n) is 6.21. The van der Waals surface area contributed by atoms with E-state index in [9.17, 15) is 4.79 Å². The molecule has 2 aromatic carbocycles. The zero-order valence-electron chi connectivity index (χ0n) is 19.3. The number of hydrogen-bond donors (Lipinski definition) is 1. The number of piperidine rings is 1. The van der Waals surface area contributed by atoms with Gasteiger partial charge in [-0.3, -0.25) is 4.79 Å². The fourth-order valence-corrected chi connectivity index (χ4v) is 4.33. The molecule has 1 saturated heterocycles. The van der Waals surface area contributed by atoms with Gasteiger partial charge in [0.1, 0.15) is 5.75 Å². The summed E-state index contributed by atoms with van der Waals surface area (Å²) in [6.07, 6.45) is 2.58. The minimum Gasteiger partial charge on any atom is -0.496 e. The van der Waals surface area contributed by atoms with Crippen molar-refractivity contribution < 1.29 is 9.53 Å². The zero-order chi connectivity index (χ0) is 21.8. The lowest BCUT2D eigenvalue weighted by molar-refractivity contribution is 0.0939. The van der Waals surface area contributed by atoms with Gasteiger partial charge in [0.2, 0.25) is 0 Å². The van der Waals surface area contributed by atoms with Crippen molar-refractivity contribution in [2.75, 3.05) is 25.1 Å². The Morgan fingerprint density at radius 3 is 2.47 bits per heavy atom. The first-order valence-corrected chi connectivity index (χ1v) is 11.1. The Morgan fingerprint density at radius 2 is 1.87 bits per heavy atom. The first-order valence-electron chi connectivity index (χ1n) is 11.1. The van der Waals surface area contributed by atoms with Crippen LogP contribution in [0.25, 0.3) is 0 Å². The van der Waals surface area contributed by atoms with E-state index < -0.39 is 0 Å². The molecular weight excluding hydrogens is 372 g/mol. The minimum atomic E-state index is -0.0594. The summed E-state index contributed by atoms with van der Waals surface area (Å²) in [6.45, 7) is 12.8. The summed E-state index contributed by atoms with van der Waals surface area (Å²) in [5.74, 6) is 1.84. The molecule has 0 saturated carbocycles. The van der Waals surface area contributed by atoms with Gasteiger partial charge in [0.05, 0.1) is 13.2 Å². The highest BCUT2D eigenvalue weighted by atomic mass is 16.5. The summed E-state index contributed by atoms with van der Waals surface area (Å²) in [5, 5.41) is 3.17. The number of amides is 1. The van der Waals surface area contributed by atoms with Crippen molar-refractivity contribution in [3.8, 4) is 5.75 Å². The minimum absolute atomic E-state index is 0.0431. The van der Waals surface area contributed by atoms with Crippen LogP contribution >= 0.6 is 0 Å². The van der Waals surface area contributed by atoms with E-state index in [0.717, 1.165) is 41.4 Å². The van der Waals surface area contributed by atoms with Crippen molar-refractivity contribution in [2.24, 2.45) is 5.92 Å². The topological polar surface area (TPSA) is 41.6 Å². The Morgan fingerprint density at radius 1 is 1.17 bits per heavy atom. The van der Waals surface area contributed by atoms with E-state index in [0.29, 0.717) is 5.56 Å². The Kier molecular flexibility index (Phi) is 7.06. The standard InChI is InChI=1S/C26H36N2O2/c1-17(2)23-15-24(19(4)14-25(23)30-6)26(29)27-20(5)21-9-11-22(12-10-21)28-13-7-8-18(3)16-28/h9-12,14-15,17-18,20H,7-8,13,16H2,1-6H3,(H,27,29). The van der Waals surface area contributed by atoms with Gasteiger partial charge in [0, 0.05) is 24.3 Å². The van der Waals surface area contributed by atoms with E-state index in [1.807, 2.05) is 26.0 Å². The van der Waals surface area contributed by atoms with Gasteiger partial charge >= 0.3 is 0 Å². The fraction of sp³-hybridized carbons (Fsp3) is 0.500. The SMILES string of the molecule is COc1cc(C)c(C(=O)NC(C)c2ccc(N3CCCC(C)C3)cc2)cc1C(C)C. The van der Waals surface area contributed by atoms with Crippen LogP contribution in [0, 0.1) is 12.8 Å². The molecule has 4 heteroatoms. The second kappa shape index (κ2) is 9.55. The maximum atomic E-state index is 13.0. The van der Waals surface area contributed by atoms with Crippen LogP contribution < -0.4 is 15.0 Å². The van der Waals surface area contributed by atoms with Gasteiger partial charge in [0.25, 0.3) is 5.91 Å². The average Bonchev–Trinajstić information content (AvgIpc) is 2.73. The van der Waals surface area contributed by atoms with Gasteiger partial charge in [-0.15, -0.1) is 0 Å². The van der Waals surface area contributed by atoms with Gasteiger partial charge in [0.15, 0.2) is 0 Å². The molecule has 162 valence electrons. The van der Waals surface area contributed by atoms with Gasteiger partial charge < -0.3 is 15.0 Å². The molecule has 0 spiro atoms. The summed E-state index contributed by atoms with van der Waals surface area (Å²) in [7, 11) is 1.68. The highest BCUT2D eigenvalue weighted by Gasteiger charge is 2.19. The molecule has 2 aromatic rings. The summed E-state index contributed by atoms with van der Waals surface area (Å²) in [4.78, 5) is 15.5. The smallest absolute Gasteiger partial charge is 0.252 e. The van der Waals surface area contributed by atoms with Gasteiger partial charge in [-0.05, 0) is 79.5 Å². The summed E-state index contributed by atoms with van der Waals surface area (Å²) in [6, 6.07) is 12.5. The van der Waals surface area contributed by atoms with Crippen molar-refractivity contribution in [1.82, 2.24) is 5.32 Å². The molecule has 1 fully saturated rings. The van der Waals surface area contributed by atoms with Gasteiger partial charge in [-0.2, -0.15) is 0 Å². The molecule has 2 atom stereocenters. The highest BCUT2D eigenvalue weighted by Crippen LogP contribution is 2.30. The third-order valence-corrected chi connectivity index (χ3v) is 6.21. The zero-order valence-corrected chi connectivity index (χ0v) is 19.3. The number of rotatable bonds is 6.